The van der Waals surface area contributed by atoms with Crippen molar-refractivity contribution >= 4 is 16.8 Å². The van der Waals surface area contributed by atoms with Gasteiger partial charge in [-0.15, -0.1) is 0 Å². The lowest BCUT2D eigenvalue weighted by Gasteiger charge is -2.35. The molecule has 2 aromatic rings. The zero-order valence-corrected chi connectivity index (χ0v) is 12.5. The van der Waals surface area contributed by atoms with Gasteiger partial charge in [-0.1, -0.05) is 18.2 Å². The first-order chi connectivity index (χ1) is 10.7. The lowest BCUT2D eigenvalue weighted by molar-refractivity contribution is -0.133. The van der Waals surface area contributed by atoms with Gasteiger partial charge < -0.3 is 15.6 Å². The third-order valence-electron chi connectivity index (χ3n) is 4.39. The summed E-state index contributed by atoms with van der Waals surface area (Å²) in [6.45, 7) is 1.23. The van der Waals surface area contributed by atoms with Gasteiger partial charge in [0.25, 0.3) is 5.56 Å². The maximum atomic E-state index is 12.5. The minimum absolute atomic E-state index is 0.00377. The predicted octanol–water partition coefficient (Wildman–Crippen LogP) is 1.41. The van der Waals surface area contributed by atoms with E-state index in [1.165, 1.54) is 0 Å². The number of benzene rings is 1. The number of rotatable bonds is 3. The van der Waals surface area contributed by atoms with Crippen LogP contribution in [0.4, 0.5) is 0 Å². The highest BCUT2D eigenvalue weighted by Crippen LogP contribution is 2.18. The van der Waals surface area contributed by atoms with Crippen LogP contribution in [0.15, 0.2) is 35.1 Å². The molecule has 0 saturated carbocycles. The molecule has 1 saturated heterocycles. The molecule has 0 bridgehead atoms. The Balaban J connectivity index is 1.84. The number of piperidine rings is 1. The lowest BCUT2D eigenvalue weighted by Crippen LogP contribution is -2.48. The number of nitrogens with two attached hydrogens (primary N) is 1. The van der Waals surface area contributed by atoms with Crippen LogP contribution >= 0.6 is 0 Å². The number of H-pyrrole nitrogens is 1. The zero-order valence-electron chi connectivity index (χ0n) is 12.5. The molecule has 3 rings (SSSR count). The van der Waals surface area contributed by atoms with Crippen LogP contribution in [-0.4, -0.2) is 34.9 Å². The fraction of sp³-hybridized carbons (Fsp3) is 0.412. The van der Waals surface area contributed by atoms with Gasteiger partial charge in [-0.25, -0.2) is 0 Å². The molecule has 1 unspecified atom stereocenters. The van der Waals surface area contributed by atoms with Gasteiger partial charge in [0.15, 0.2) is 0 Å². The molecular weight excluding hydrogens is 278 g/mol. The van der Waals surface area contributed by atoms with Crippen LogP contribution in [0.1, 0.15) is 24.8 Å². The van der Waals surface area contributed by atoms with Gasteiger partial charge in [0.2, 0.25) is 5.91 Å². The van der Waals surface area contributed by atoms with E-state index < -0.39 is 0 Å². The van der Waals surface area contributed by atoms with Crippen LogP contribution in [0, 0.1) is 0 Å². The summed E-state index contributed by atoms with van der Waals surface area (Å²) < 4.78 is 0. The Kier molecular flexibility index (Phi) is 4.24. The van der Waals surface area contributed by atoms with Crippen LogP contribution in [0.25, 0.3) is 10.9 Å². The Hall–Kier alpha value is -2.14. The number of amides is 1. The number of fused-ring (bicyclic) bond motifs is 1. The summed E-state index contributed by atoms with van der Waals surface area (Å²) >= 11 is 0. The molecule has 0 spiro atoms. The SMILES string of the molecule is NCC1CCCCN1C(=O)Cc1cc2ccccc2[nH]c1=O. The van der Waals surface area contributed by atoms with E-state index in [1.54, 1.807) is 0 Å². The summed E-state index contributed by atoms with van der Waals surface area (Å²) in [6, 6.07) is 9.51. The molecule has 5 heteroatoms. The number of para-hydroxylation sites is 1. The molecular formula is C17H21N3O2. The van der Waals surface area contributed by atoms with Crippen molar-refractivity contribution in [3.05, 3.63) is 46.2 Å². The molecule has 1 fully saturated rings. The van der Waals surface area contributed by atoms with Gasteiger partial charge in [0.05, 0.1) is 6.42 Å². The van der Waals surface area contributed by atoms with Gasteiger partial charge in [-0.2, -0.15) is 0 Å². The van der Waals surface area contributed by atoms with Crippen molar-refractivity contribution in [1.82, 2.24) is 9.88 Å². The maximum absolute atomic E-state index is 12.5. The monoisotopic (exact) mass is 299 g/mol. The fourth-order valence-electron chi connectivity index (χ4n) is 3.16. The molecule has 116 valence electrons. The third kappa shape index (κ3) is 2.90. The normalized spacial score (nSPS) is 18.6. The molecule has 2 heterocycles. The second-order valence-corrected chi connectivity index (χ2v) is 5.86. The molecule has 1 amide bonds. The molecule has 1 aliphatic rings. The van der Waals surface area contributed by atoms with E-state index in [0.717, 1.165) is 36.7 Å². The Bertz CT molecular complexity index is 738. The van der Waals surface area contributed by atoms with Crippen LogP contribution < -0.4 is 11.3 Å². The van der Waals surface area contributed by atoms with Crippen molar-refractivity contribution in [2.75, 3.05) is 13.1 Å². The van der Waals surface area contributed by atoms with Gasteiger partial charge in [0, 0.05) is 30.2 Å². The number of pyridine rings is 1. The second kappa shape index (κ2) is 6.32. The molecule has 1 aliphatic heterocycles. The lowest BCUT2D eigenvalue weighted by atomic mass is 10.0. The van der Waals surface area contributed by atoms with Crippen molar-refractivity contribution < 1.29 is 4.79 Å². The summed E-state index contributed by atoms with van der Waals surface area (Å²) in [5, 5.41) is 0.943. The molecule has 3 N–H and O–H groups in total. The number of nitrogens with one attached hydrogen (secondary N) is 1. The maximum Gasteiger partial charge on any atom is 0.252 e. The molecule has 5 nitrogen and oxygen atoms in total. The van der Waals surface area contributed by atoms with E-state index in [1.807, 2.05) is 35.2 Å². The van der Waals surface area contributed by atoms with Crippen molar-refractivity contribution in [3.8, 4) is 0 Å². The van der Waals surface area contributed by atoms with E-state index in [-0.39, 0.29) is 23.9 Å². The van der Waals surface area contributed by atoms with Gasteiger partial charge in [0.1, 0.15) is 0 Å². The van der Waals surface area contributed by atoms with E-state index >= 15 is 0 Å². The van der Waals surface area contributed by atoms with Crippen molar-refractivity contribution in [2.24, 2.45) is 5.73 Å². The second-order valence-electron chi connectivity index (χ2n) is 5.86. The molecule has 0 aliphatic carbocycles. The van der Waals surface area contributed by atoms with Crippen molar-refractivity contribution in [3.63, 3.8) is 0 Å². The first-order valence-electron chi connectivity index (χ1n) is 7.79. The van der Waals surface area contributed by atoms with Gasteiger partial charge in [-0.3, -0.25) is 9.59 Å². The summed E-state index contributed by atoms with van der Waals surface area (Å²) in [5.74, 6) is -0.00377. The summed E-state index contributed by atoms with van der Waals surface area (Å²) in [6.07, 6.45) is 3.21. The average Bonchev–Trinajstić information content (AvgIpc) is 2.55. The number of hydrogen-bond donors (Lipinski definition) is 2. The predicted molar refractivity (Wildman–Crippen MR) is 86.7 cm³/mol. The van der Waals surface area contributed by atoms with Crippen LogP contribution in [0.3, 0.4) is 0 Å². The third-order valence-corrected chi connectivity index (χ3v) is 4.39. The minimum atomic E-state index is -0.187. The first-order valence-corrected chi connectivity index (χ1v) is 7.79. The van der Waals surface area contributed by atoms with Crippen LogP contribution in [0.5, 0.6) is 0 Å². The zero-order chi connectivity index (χ0) is 15.5. The highest BCUT2D eigenvalue weighted by atomic mass is 16.2. The van der Waals surface area contributed by atoms with Crippen LogP contribution in [0.2, 0.25) is 0 Å². The van der Waals surface area contributed by atoms with Crippen molar-refractivity contribution in [2.45, 2.75) is 31.7 Å². The van der Waals surface area contributed by atoms with Gasteiger partial charge >= 0.3 is 0 Å². The van der Waals surface area contributed by atoms with E-state index in [0.29, 0.717) is 12.1 Å². The van der Waals surface area contributed by atoms with Gasteiger partial charge in [-0.05, 0) is 36.8 Å². The Morgan fingerprint density at radius 1 is 1.32 bits per heavy atom. The fourth-order valence-corrected chi connectivity index (χ4v) is 3.16. The quantitative estimate of drug-likeness (QED) is 0.899. The topological polar surface area (TPSA) is 79.2 Å². The number of hydrogen-bond acceptors (Lipinski definition) is 3. The largest absolute Gasteiger partial charge is 0.338 e. The number of carbonyl (C=O) groups is 1. The number of aromatic nitrogens is 1. The molecule has 22 heavy (non-hydrogen) atoms. The van der Waals surface area contributed by atoms with Crippen molar-refractivity contribution in [1.29, 1.82) is 0 Å². The van der Waals surface area contributed by atoms with Crippen LogP contribution in [-0.2, 0) is 11.2 Å². The standard InChI is InChI=1S/C17H21N3O2/c18-11-14-6-3-4-8-20(14)16(21)10-13-9-12-5-1-2-7-15(12)19-17(13)22/h1-2,5,7,9,14H,3-4,6,8,10-11,18H2,(H,19,22). The highest BCUT2D eigenvalue weighted by molar-refractivity contribution is 5.82. The number of aromatic amines is 1. The summed E-state index contributed by atoms with van der Waals surface area (Å²) in [4.78, 5) is 29.4. The van der Waals surface area contributed by atoms with E-state index in [2.05, 4.69) is 4.98 Å². The summed E-state index contributed by atoms with van der Waals surface area (Å²) in [7, 11) is 0. The minimum Gasteiger partial charge on any atom is -0.338 e. The average molecular weight is 299 g/mol. The molecule has 1 aromatic heterocycles. The van der Waals surface area contributed by atoms with E-state index in [4.69, 9.17) is 5.73 Å². The molecule has 1 aromatic carbocycles. The smallest absolute Gasteiger partial charge is 0.252 e. The number of likely N-dealkylation sites (tertiary alicyclic amines) is 1. The Morgan fingerprint density at radius 2 is 2.14 bits per heavy atom. The highest BCUT2D eigenvalue weighted by Gasteiger charge is 2.25. The molecule has 0 radical (unpaired) electrons. The Morgan fingerprint density at radius 3 is 2.95 bits per heavy atom. The van der Waals surface area contributed by atoms with E-state index in [9.17, 15) is 9.59 Å². The number of carbonyl (C=O) groups excluding carboxylic acids is 1. The number of nitrogens with zero attached hydrogens (tertiary/aromatic N) is 1. The molecule has 1 atom stereocenters. The first kappa shape index (κ1) is 14.8. The Labute approximate surface area is 129 Å². The summed E-state index contributed by atoms with van der Waals surface area (Å²) in [5.41, 5.74) is 6.89.